The summed E-state index contributed by atoms with van der Waals surface area (Å²) in [5, 5.41) is 0.515. The molecular weight excluding hydrogens is 362 g/mol. The third-order valence-electron chi connectivity index (χ3n) is 5.13. The number of rotatable bonds is 4. The van der Waals surface area contributed by atoms with E-state index in [9.17, 15) is 13.2 Å². The number of nitrogens with one attached hydrogen (secondary N) is 1. The standard InChI is InChI=1S/C20H21N3O3S/c1-23-19(22-18-9-5-4-8-17(18)20(23)24)13-21-27(25,26)16-11-10-14-6-2-3-7-15(14)12-16/h4-5,8-12,21H,2-3,6-7,13H2,1H3. The van der Waals surface area contributed by atoms with Gasteiger partial charge >= 0.3 is 0 Å². The zero-order valence-electron chi connectivity index (χ0n) is 15.1. The van der Waals surface area contributed by atoms with Crippen LogP contribution in [0.2, 0.25) is 0 Å². The molecule has 0 spiro atoms. The average Bonchev–Trinajstić information content (AvgIpc) is 2.69. The molecule has 0 aliphatic heterocycles. The minimum Gasteiger partial charge on any atom is -0.298 e. The normalized spacial score (nSPS) is 14.3. The number of para-hydroxylation sites is 1. The van der Waals surface area contributed by atoms with Crippen LogP contribution in [0.1, 0.15) is 29.8 Å². The van der Waals surface area contributed by atoms with Crippen molar-refractivity contribution in [2.45, 2.75) is 37.1 Å². The molecule has 3 aromatic rings. The van der Waals surface area contributed by atoms with Gasteiger partial charge in [-0.1, -0.05) is 18.2 Å². The van der Waals surface area contributed by atoms with Gasteiger partial charge in [-0.3, -0.25) is 9.36 Å². The lowest BCUT2D eigenvalue weighted by Crippen LogP contribution is -2.29. The summed E-state index contributed by atoms with van der Waals surface area (Å²) in [5.41, 5.74) is 2.71. The highest BCUT2D eigenvalue weighted by Crippen LogP contribution is 2.24. The van der Waals surface area contributed by atoms with Gasteiger partial charge in [-0.2, -0.15) is 0 Å². The van der Waals surface area contributed by atoms with E-state index >= 15 is 0 Å². The number of sulfonamides is 1. The predicted molar refractivity (Wildman–Crippen MR) is 104 cm³/mol. The minimum absolute atomic E-state index is 0.0456. The Morgan fingerprint density at radius 1 is 1.07 bits per heavy atom. The van der Waals surface area contributed by atoms with E-state index in [-0.39, 0.29) is 17.0 Å². The number of aryl methyl sites for hydroxylation is 2. The first-order valence-corrected chi connectivity index (χ1v) is 10.5. The molecule has 1 heterocycles. The van der Waals surface area contributed by atoms with Crippen LogP contribution in [0, 0.1) is 0 Å². The second-order valence-corrected chi connectivity index (χ2v) is 8.64. The Morgan fingerprint density at radius 2 is 1.81 bits per heavy atom. The third-order valence-corrected chi connectivity index (χ3v) is 6.53. The fourth-order valence-electron chi connectivity index (χ4n) is 3.54. The monoisotopic (exact) mass is 383 g/mol. The van der Waals surface area contributed by atoms with Crippen LogP contribution in [0.15, 0.2) is 52.2 Å². The van der Waals surface area contributed by atoms with Crippen molar-refractivity contribution in [3.05, 3.63) is 69.8 Å². The molecule has 1 N–H and O–H groups in total. The first-order chi connectivity index (χ1) is 13.0. The maximum atomic E-state index is 12.7. The average molecular weight is 383 g/mol. The summed E-state index contributed by atoms with van der Waals surface area (Å²) in [4.78, 5) is 17.1. The molecular formula is C20H21N3O3S. The largest absolute Gasteiger partial charge is 0.298 e. The quantitative estimate of drug-likeness (QED) is 0.750. The number of aromatic nitrogens is 2. The van der Waals surface area contributed by atoms with Gasteiger partial charge in [-0.05, 0) is 61.1 Å². The third kappa shape index (κ3) is 3.40. The molecule has 2 aromatic carbocycles. The molecule has 0 saturated carbocycles. The maximum absolute atomic E-state index is 12.7. The van der Waals surface area contributed by atoms with Crippen molar-refractivity contribution in [3.63, 3.8) is 0 Å². The fraction of sp³-hybridized carbons (Fsp3) is 0.300. The topological polar surface area (TPSA) is 81.1 Å². The molecule has 0 amide bonds. The molecule has 1 aliphatic carbocycles. The minimum atomic E-state index is -3.68. The molecule has 0 radical (unpaired) electrons. The van der Waals surface area contributed by atoms with Crippen LogP contribution in [0.3, 0.4) is 0 Å². The Morgan fingerprint density at radius 3 is 2.63 bits per heavy atom. The lowest BCUT2D eigenvalue weighted by atomic mass is 9.92. The number of hydrogen-bond acceptors (Lipinski definition) is 4. The Hall–Kier alpha value is -2.51. The number of benzene rings is 2. The van der Waals surface area contributed by atoms with Crippen LogP contribution in [0.5, 0.6) is 0 Å². The van der Waals surface area contributed by atoms with Gasteiger partial charge in [0.25, 0.3) is 5.56 Å². The highest BCUT2D eigenvalue weighted by molar-refractivity contribution is 7.89. The van der Waals surface area contributed by atoms with Crippen molar-refractivity contribution in [2.75, 3.05) is 0 Å². The summed E-state index contributed by atoms with van der Waals surface area (Å²) >= 11 is 0. The summed E-state index contributed by atoms with van der Waals surface area (Å²) in [6.45, 7) is -0.0456. The molecule has 0 atom stereocenters. The zero-order chi connectivity index (χ0) is 19.0. The van der Waals surface area contributed by atoms with Gasteiger partial charge in [0.1, 0.15) is 5.82 Å². The van der Waals surface area contributed by atoms with Gasteiger partial charge < -0.3 is 0 Å². The summed E-state index contributed by atoms with van der Waals surface area (Å²) in [6.07, 6.45) is 4.16. The first kappa shape index (κ1) is 17.9. The van der Waals surface area contributed by atoms with Crippen molar-refractivity contribution in [1.82, 2.24) is 14.3 Å². The molecule has 0 fully saturated rings. The molecule has 140 valence electrons. The van der Waals surface area contributed by atoms with Crippen LogP contribution in [0.4, 0.5) is 0 Å². The molecule has 4 rings (SSSR count). The van der Waals surface area contributed by atoms with Gasteiger partial charge in [0.05, 0.1) is 22.3 Å². The van der Waals surface area contributed by atoms with E-state index in [1.54, 1.807) is 43.4 Å². The molecule has 0 saturated heterocycles. The van der Waals surface area contributed by atoms with Crippen molar-refractivity contribution < 1.29 is 8.42 Å². The maximum Gasteiger partial charge on any atom is 0.261 e. The van der Waals surface area contributed by atoms with E-state index < -0.39 is 10.0 Å². The Labute approximate surface area is 157 Å². The Balaban J connectivity index is 1.62. The van der Waals surface area contributed by atoms with E-state index in [0.29, 0.717) is 16.7 Å². The Bertz CT molecular complexity index is 1180. The lowest BCUT2D eigenvalue weighted by molar-refractivity contribution is 0.575. The molecule has 7 heteroatoms. The zero-order valence-corrected chi connectivity index (χ0v) is 15.9. The smallest absolute Gasteiger partial charge is 0.261 e. The van der Waals surface area contributed by atoms with Crippen molar-refractivity contribution in [3.8, 4) is 0 Å². The SMILES string of the molecule is Cn1c(CNS(=O)(=O)c2ccc3c(c2)CCCC3)nc2ccccc2c1=O. The first-order valence-electron chi connectivity index (χ1n) is 9.02. The van der Waals surface area contributed by atoms with Crippen LogP contribution < -0.4 is 10.3 Å². The van der Waals surface area contributed by atoms with Crippen LogP contribution in [-0.4, -0.2) is 18.0 Å². The van der Waals surface area contributed by atoms with Gasteiger partial charge in [-0.15, -0.1) is 0 Å². The van der Waals surface area contributed by atoms with E-state index in [0.717, 1.165) is 31.2 Å². The number of hydrogen-bond donors (Lipinski definition) is 1. The summed E-state index contributed by atoms with van der Waals surface area (Å²) < 4.78 is 29.4. The lowest BCUT2D eigenvalue weighted by Gasteiger charge is -2.17. The summed E-state index contributed by atoms with van der Waals surface area (Å²) in [6, 6.07) is 12.4. The van der Waals surface area contributed by atoms with Crippen LogP contribution in [-0.2, 0) is 36.5 Å². The Kier molecular flexibility index (Phi) is 4.57. The van der Waals surface area contributed by atoms with Gasteiger partial charge in [0.15, 0.2) is 0 Å². The van der Waals surface area contributed by atoms with E-state index in [1.165, 1.54) is 10.1 Å². The second kappa shape index (κ2) is 6.90. The summed E-state index contributed by atoms with van der Waals surface area (Å²) in [5.74, 6) is 0.375. The molecule has 1 aliphatic rings. The van der Waals surface area contributed by atoms with Crippen molar-refractivity contribution >= 4 is 20.9 Å². The fourth-order valence-corrected chi connectivity index (χ4v) is 4.57. The predicted octanol–water partition coefficient (Wildman–Crippen LogP) is 2.29. The molecule has 0 bridgehead atoms. The number of nitrogens with zero attached hydrogens (tertiary/aromatic N) is 2. The van der Waals surface area contributed by atoms with Gasteiger partial charge in [0.2, 0.25) is 10.0 Å². The van der Waals surface area contributed by atoms with Gasteiger partial charge in [0, 0.05) is 7.05 Å². The molecule has 0 unspecified atom stereocenters. The van der Waals surface area contributed by atoms with Crippen LogP contribution in [0.25, 0.3) is 10.9 Å². The second-order valence-electron chi connectivity index (χ2n) is 6.87. The highest BCUT2D eigenvalue weighted by atomic mass is 32.2. The van der Waals surface area contributed by atoms with Crippen molar-refractivity contribution in [2.24, 2.45) is 7.05 Å². The summed E-state index contributed by atoms with van der Waals surface area (Å²) in [7, 11) is -2.08. The van der Waals surface area contributed by atoms with Gasteiger partial charge in [-0.25, -0.2) is 18.1 Å². The molecule has 1 aromatic heterocycles. The van der Waals surface area contributed by atoms with Crippen molar-refractivity contribution in [1.29, 1.82) is 0 Å². The van der Waals surface area contributed by atoms with E-state index in [1.807, 2.05) is 6.07 Å². The molecule has 27 heavy (non-hydrogen) atoms. The highest BCUT2D eigenvalue weighted by Gasteiger charge is 2.18. The van der Waals surface area contributed by atoms with E-state index in [2.05, 4.69) is 9.71 Å². The van der Waals surface area contributed by atoms with E-state index in [4.69, 9.17) is 0 Å². The van der Waals surface area contributed by atoms with Crippen LogP contribution >= 0.6 is 0 Å². The number of fused-ring (bicyclic) bond motifs is 2. The molecule has 6 nitrogen and oxygen atoms in total.